The molecule has 2 aromatic rings. The predicted molar refractivity (Wildman–Crippen MR) is 82.7 cm³/mol. The minimum Gasteiger partial charge on any atom is -0.354 e. The van der Waals surface area contributed by atoms with Crippen molar-refractivity contribution in [1.29, 1.82) is 0 Å². The fourth-order valence-electron chi connectivity index (χ4n) is 1.87. The van der Waals surface area contributed by atoms with E-state index in [4.69, 9.17) is 0 Å². The fourth-order valence-corrected chi connectivity index (χ4v) is 1.87. The Balaban J connectivity index is 2.18. The molecule has 0 radical (unpaired) electrons. The molecule has 2 aromatic heterocycles. The van der Waals surface area contributed by atoms with Crippen LogP contribution in [0.15, 0.2) is 30.6 Å². The summed E-state index contributed by atoms with van der Waals surface area (Å²) in [6, 6.07) is 0. The molecular weight excluding hydrogens is 250 g/mol. The number of fused-ring (bicyclic) bond motifs is 1. The van der Waals surface area contributed by atoms with Crippen LogP contribution in [0, 0.1) is 0 Å². The summed E-state index contributed by atoms with van der Waals surface area (Å²) < 4.78 is 0. The lowest BCUT2D eigenvalue weighted by molar-refractivity contribution is 0.895. The van der Waals surface area contributed by atoms with Gasteiger partial charge in [0.15, 0.2) is 5.65 Å². The van der Waals surface area contributed by atoms with Crippen LogP contribution in [-0.2, 0) is 6.42 Å². The molecule has 0 aromatic carbocycles. The number of H-pyrrole nitrogens is 1. The van der Waals surface area contributed by atoms with Crippen LogP contribution in [0.25, 0.3) is 11.2 Å². The third-order valence-electron chi connectivity index (χ3n) is 2.98. The molecule has 2 heterocycles. The van der Waals surface area contributed by atoms with E-state index in [1.54, 1.807) is 6.33 Å². The molecule has 0 unspecified atom stereocenters. The highest BCUT2D eigenvalue weighted by atomic mass is 15.1. The number of rotatable bonds is 7. The zero-order chi connectivity index (χ0) is 14.5. The summed E-state index contributed by atoms with van der Waals surface area (Å²) in [5.74, 6) is 0.627. The molecular formula is C15H21N5. The standard InChI is InChI=1S/C15H21N5/c1-10(2)5-6-12-13-14(18-9-17-13)20-15(19-12)16-8-7-11(3)4/h9H,1,3,5-8H2,2,4H3,(H2,16,17,18,19,20). The largest absolute Gasteiger partial charge is 0.354 e. The van der Waals surface area contributed by atoms with Gasteiger partial charge in [0, 0.05) is 6.54 Å². The average Bonchev–Trinajstić information content (AvgIpc) is 2.83. The van der Waals surface area contributed by atoms with Crippen LogP contribution in [0.4, 0.5) is 5.95 Å². The van der Waals surface area contributed by atoms with Crippen molar-refractivity contribution in [2.24, 2.45) is 0 Å². The molecule has 20 heavy (non-hydrogen) atoms. The van der Waals surface area contributed by atoms with Gasteiger partial charge in [0.25, 0.3) is 0 Å². The maximum absolute atomic E-state index is 4.58. The Hall–Kier alpha value is -2.17. The quantitative estimate of drug-likeness (QED) is 0.759. The van der Waals surface area contributed by atoms with E-state index in [0.29, 0.717) is 11.6 Å². The molecule has 0 aliphatic carbocycles. The molecule has 0 saturated carbocycles. The summed E-state index contributed by atoms with van der Waals surface area (Å²) in [4.78, 5) is 16.3. The number of anilines is 1. The highest BCUT2D eigenvalue weighted by Crippen LogP contribution is 2.17. The van der Waals surface area contributed by atoms with E-state index in [2.05, 4.69) is 38.4 Å². The van der Waals surface area contributed by atoms with Crippen LogP contribution in [0.2, 0.25) is 0 Å². The van der Waals surface area contributed by atoms with Crippen LogP contribution >= 0.6 is 0 Å². The van der Waals surface area contributed by atoms with E-state index in [9.17, 15) is 0 Å². The van der Waals surface area contributed by atoms with Crippen molar-refractivity contribution in [3.63, 3.8) is 0 Å². The Morgan fingerprint density at radius 1 is 1.20 bits per heavy atom. The number of hydrogen-bond donors (Lipinski definition) is 2. The molecule has 0 atom stereocenters. The van der Waals surface area contributed by atoms with Crippen molar-refractivity contribution in [3.8, 4) is 0 Å². The summed E-state index contributed by atoms with van der Waals surface area (Å²) >= 11 is 0. The summed E-state index contributed by atoms with van der Waals surface area (Å²) in [7, 11) is 0. The predicted octanol–water partition coefficient (Wildman–Crippen LogP) is 3.24. The summed E-state index contributed by atoms with van der Waals surface area (Å²) in [6.45, 7) is 12.6. The molecule has 0 bridgehead atoms. The van der Waals surface area contributed by atoms with E-state index in [1.165, 1.54) is 0 Å². The minimum atomic E-state index is 0.627. The van der Waals surface area contributed by atoms with Crippen molar-refractivity contribution >= 4 is 17.1 Å². The second kappa shape index (κ2) is 6.32. The van der Waals surface area contributed by atoms with Gasteiger partial charge in [0.05, 0.1) is 12.0 Å². The number of hydrogen-bond acceptors (Lipinski definition) is 4. The van der Waals surface area contributed by atoms with Crippen LogP contribution in [0.3, 0.4) is 0 Å². The van der Waals surface area contributed by atoms with Crippen LogP contribution in [-0.4, -0.2) is 26.5 Å². The highest BCUT2D eigenvalue weighted by molar-refractivity contribution is 5.74. The van der Waals surface area contributed by atoms with E-state index in [1.807, 2.05) is 13.8 Å². The molecule has 0 fully saturated rings. The van der Waals surface area contributed by atoms with E-state index >= 15 is 0 Å². The molecule has 2 N–H and O–H groups in total. The molecule has 0 spiro atoms. The second-order valence-corrected chi connectivity index (χ2v) is 5.19. The minimum absolute atomic E-state index is 0.627. The van der Waals surface area contributed by atoms with Crippen LogP contribution < -0.4 is 5.32 Å². The van der Waals surface area contributed by atoms with Crippen molar-refractivity contribution in [2.75, 3.05) is 11.9 Å². The van der Waals surface area contributed by atoms with Crippen LogP contribution in [0.1, 0.15) is 32.4 Å². The van der Waals surface area contributed by atoms with Crippen molar-refractivity contribution < 1.29 is 0 Å². The van der Waals surface area contributed by atoms with Gasteiger partial charge >= 0.3 is 0 Å². The van der Waals surface area contributed by atoms with Gasteiger partial charge in [-0.2, -0.15) is 4.98 Å². The van der Waals surface area contributed by atoms with E-state index in [-0.39, 0.29) is 0 Å². The topological polar surface area (TPSA) is 66.5 Å². The Kier molecular flexibility index (Phi) is 4.50. The SMILES string of the molecule is C=C(C)CCNc1nc(CCC(=C)C)c2[nH]cnc2n1. The maximum atomic E-state index is 4.58. The first-order chi connectivity index (χ1) is 9.56. The van der Waals surface area contributed by atoms with E-state index < -0.39 is 0 Å². The lowest BCUT2D eigenvalue weighted by Gasteiger charge is -2.07. The first-order valence-electron chi connectivity index (χ1n) is 6.79. The average molecular weight is 271 g/mol. The first kappa shape index (κ1) is 14.2. The first-order valence-corrected chi connectivity index (χ1v) is 6.79. The highest BCUT2D eigenvalue weighted by Gasteiger charge is 2.09. The summed E-state index contributed by atoms with van der Waals surface area (Å²) in [5.41, 5.74) is 4.88. The number of aryl methyl sites for hydroxylation is 1. The number of nitrogens with one attached hydrogen (secondary N) is 2. The maximum Gasteiger partial charge on any atom is 0.225 e. The van der Waals surface area contributed by atoms with Crippen molar-refractivity contribution in [1.82, 2.24) is 19.9 Å². The Morgan fingerprint density at radius 3 is 2.65 bits per heavy atom. The van der Waals surface area contributed by atoms with Gasteiger partial charge in [0.2, 0.25) is 5.95 Å². The number of nitrogens with zero attached hydrogens (tertiary/aromatic N) is 3. The second-order valence-electron chi connectivity index (χ2n) is 5.19. The van der Waals surface area contributed by atoms with Crippen molar-refractivity contribution in [2.45, 2.75) is 33.1 Å². The van der Waals surface area contributed by atoms with Gasteiger partial charge in [-0.25, -0.2) is 9.97 Å². The molecule has 5 heteroatoms. The monoisotopic (exact) mass is 271 g/mol. The molecule has 106 valence electrons. The number of aromatic amines is 1. The molecule has 0 saturated heterocycles. The molecule has 5 nitrogen and oxygen atoms in total. The van der Waals surface area contributed by atoms with Crippen molar-refractivity contribution in [3.05, 3.63) is 36.3 Å². The number of imidazole rings is 1. The molecule has 0 aliphatic rings. The van der Waals surface area contributed by atoms with Gasteiger partial charge in [-0.05, 0) is 33.1 Å². The fraction of sp³-hybridized carbons (Fsp3) is 0.400. The van der Waals surface area contributed by atoms with Gasteiger partial charge in [-0.3, -0.25) is 0 Å². The smallest absolute Gasteiger partial charge is 0.225 e. The summed E-state index contributed by atoms with van der Waals surface area (Å²) in [6.07, 6.45) is 4.31. The third kappa shape index (κ3) is 3.66. The molecule has 0 aliphatic heterocycles. The van der Waals surface area contributed by atoms with Gasteiger partial charge in [-0.15, -0.1) is 13.2 Å². The Bertz CT molecular complexity index is 626. The van der Waals surface area contributed by atoms with Gasteiger partial charge in [-0.1, -0.05) is 11.1 Å². The van der Waals surface area contributed by atoms with Crippen LogP contribution in [0.5, 0.6) is 0 Å². The van der Waals surface area contributed by atoms with E-state index in [0.717, 1.165) is 48.2 Å². The van der Waals surface area contributed by atoms with Gasteiger partial charge in [0.1, 0.15) is 5.52 Å². The van der Waals surface area contributed by atoms with Gasteiger partial charge < -0.3 is 10.3 Å². The zero-order valence-corrected chi connectivity index (χ0v) is 12.2. The number of allylic oxidation sites excluding steroid dienone is 1. The lowest BCUT2D eigenvalue weighted by Crippen LogP contribution is -2.08. The zero-order valence-electron chi connectivity index (χ0n) is 12.2. The Labute approximate surface area is 119 Å². The summed E-state index contributed by atoms with van der Waals surface area (Å²) in [5, 5.41) is 3.23. The normalized spacial score (nSPS) is 10.7. The number of aromatic nitrogens is 4. The molecule has 0 amide bonds. The molecule has 2 rings (SSSR count). The third-order valence-corrected chi connectivity index (χ3v) is 2.98. The lowest BCUT2D eigenvalue weighted by atomic mass is 10.1. The Morgan fingerprint density at radius 2 is 1.95 bits per heavy atom.